The van der Waals surface area contributed by atoms with E-state index in [4.69, 9.17) is 5.73 Å². The van der Waals surface area contributed by atoms with E-state index in [9.17, 15) is 0 Å². The van der Waals surface area contributed by atoms with Crippen LogP contribution in [0.15, 0.2) is 18.2 Å². The Bertz CT molecular complexity index is 474. The first-order valence-corrected chi connectivity index (χ1v) is 5.29. The molecule has 0 saturated heterocycles. The van der Waals surface area contributed by atoms with E-state index < -0.39 is 0 Å². The van der Waals surface area contributed by atoms with Crippen LogP contribution >= 0.6 is 0 Å². The number of aromatic nitrogens is 2. The normalized spacial score (nSPS) is 11.2. The monoisotopic (exact) mass is 219 g/mol. The van der Waals surface area contributed by atoms with Crippen molar-refractivity contribution in [1.29, 1.82) is 0 Å². The molecule has 0 amide bonds. The zero-order valence-electron chi connectivity index (χ0n) is 9.62. The van der Waals surface area contributed by atoms with Gasteiger partial charge in [-0.2, -0.15) is 5.10 Å². The lowest BCUT2D eigenvalue weighted by Crippen LogP contribution is -2.20. The lowest BCUT2D eigenvalue weighted by atomic mass is 10.2. The standard InChI is InChI=1S/C11H17N5/c1-16(2)6-5-13-11-9-7-8(12)3-4-10(9)14-15-11/h3-4,7H,5-6,12H2,1-2H3,(H2,13,14,15). The summed E-state index contributed by atoms with van der Waals surface area (Å²) in [5.74, 6) is 0.865. The van der Waals surface area contributed by atoms with Crippen molar-refractivity contribution in [3.63, 3.8) is 0 Å². The average Bonchev–Trinajstić information content (AvgIpc) is 2.60. The fourth-order valence-electron chi connectivity index (χ4n) is 1.56. The van der Waals surface area contributed by atoms with Gasteiger partial charge in [-0.05, 0) is 32.3 Å². The van der Waals surface area contributed by atoms with E-state index in [1.807, 2.05) is 32.3 Å². The van der Waals surface area contributed by atoms with Gasteiger partial charge in [-0.15, -0.1) is 0 Å². The van der Waals surface area contributed by atoms with E-state index in [-0.39, 0.29) is 0 Å². The summed E-state index contributed by atoms with van der Waals surface area (Å²) in [5, 5.41) is 11.5. The number of nitrogens with zero attached hydrogens (tertiary/aromatic N) is 2. The number of fused-ring (bicyclic) bond motifs is 1. The van der Waals surface area contributed by atoms with Crippen LogP contribution < -0.4 is 11.1 Å². The number of benzene rings is 1. The lowest BCUT2D eigenvalue weighted by molar-refractivity contribution is 0.425. The van der Waals surface area contributed by atoms with Crippen molar-refractivity contribution in [3.05, 3.63) is 18.2 Å². The highest BCUT2D eigenvalue weighted by Crippen LogP contribution is 2.22. The minimum Gasteiger partial charge on any atom is -0.399 e. The first-order valence-electron chi connectivity index (χ1n) is 5.29. The van der Waals surface area contributed by atoms with Gasteiger partial charge in [0.05, 0.1) is 5.52 Å². The molecule has 5 nitrogen and oxygen atoms in total. The topological polar surface area (TPSA) is 70.0 Å². The third-order valence-corrected chi connectivity index (χ3v) is 2.44. The Kier molecular flexibility index (Phi) is 2.96. The summed E-state index contributed by atoms with van der Waals surface area (Å²) in [4.78, 5) is 2.12. The van der Waals surface area contributed by atoms with E-state index in [1.54, 1.807) is 0 Å². The maximum absolute atomic E-state index is 5.75. The Morgan fingerprint density at radius 3 is 3.00 bits per heavy atom. The van der Waals surface area contributed by atoms with Crippen molar-refractivity contribution in [2.75, 3.05) is 38.2 Å². The average molecular weight is 219 g/mol. The maximum Gasteiger partial charge on any atom is 0.155 e. The summed E-state index contributed by atoms with van der Waals surface area (Å²) in [6.45, 7) is 1.83. The number of nitrogens with two attached hydrogens (primary N) is 1. The van der Waals surface area contributed by atoms with Crippen LogP contribution in [0.25, 0.3) is 10.9 Å². The van der Waals surface area contributed by atoms with Gasteiger partial charge in [-0.25, -0.2) is 0 Å². The SMILES string of the molecule is CN(C)CCNc1n[nH]c2ccc(N)cc12. The number of H-pyrrole nitrogens is 1. The second kappa shape index (κ2) is 4.40. The number of aromatic amines is 1. The van der Waals surface area contributed by atoms with Crippen LogP contribution in [-0.2, 0) is 0 Å². The summed E-state index contributed by atoms with van der Waals surface area (Å²) in [6.07, 6.45) is 0. The van der Waals surface area contributed by atoms with Gasteiger partial charge in [0.2, 0.25) is 0 Å². The summed E-state index contributed by atoms with van der Waals surface area (Å²) in [6, 6.07) is 5.73. The second-order valence-corrected chi connectivity index (χ2v) is 4.11. The molecule has 5 heteroatoms. The van der Waals surface area contributed by atoms with Crippen molar-refractivity contribution >= 4 is 22.4 Å². The Morgan fingerprint density at radius 2 is 2.25 bits per heavy atom. The van der Waals surface area contributed by atoms with Gasteiger partial charge >= 0.3 is 0 Å². The van der Waals surface area contributed by atoms with Crippen LogP contribution in [0, 0.1) is 0 Å². The molecule has 1 heterocycles. The Labute approximate surface area is 94.6 Å². The maximum atomic E-state index is 5.75. The van der Waals surface area contributed by atoms with Crippen LogP contribution in [-0.4, -0.2) is 42.3 Å². The molecule has 0 unspecified atom stereocenters. The molecule has 0 spiro atoms. The summed E-state index contributed by atoms with van der Waals surface area (Å²) >= 11 is 0. The van der Waals surface area contributed by atoms with Crippen LogP contribution in [0.2, 0.25) is 0 Å². The highest BCUT2D eigenvalue weighted by molar-refractivity contribution is 5.91. The molecule has 4 N–H and O–H groups in total. The van der Waals surface area contributed by atoms with Gasteiger partial charge < -0.3 is 16.0 Å². The van der Waals surface area contributed by atoms with Crippen LogP contribution in [0.1, 0.15) is 0 Å². The quantitative estimate of drug-likeness (QED) is 0.674. The second-order valence-electron chi connectivity index (χ2n) is 4.11. The highest BCUT2D eigenvalue weighted by Gasteiger charge is 2.04. The minimum absolute atomic E-state index is 0.754. The fourth-order valence-corrected chi connectivity index (χ4v) is 1.56. The molecule has 86 valence electrons. The molecular formula is C11H17N5. The zero-order valence-corrected chi connectivity index (χ0v) is 9.62. The largest absolute Gasteiger partial charge is 0.399 e. The number of nitrogens with one attached hydrogen (secondary N) is 2. The predicted octanol–water partition coefficient (Wildman–Crippen LogP) is 1.12. The van der Waals surface area contributed by atoms with Crippen molar-refractivity contribution < 1.29 is 0 Å². The Morgan fingerprint density at radius 1 is 1.44 bits per heavy atom. The molecule has 1 aromatic heterocycles. The smallest absolute Gasteiger partial charge is 0.155 e. The van der Waals surface area contributed by atoms with Gasteiger partial charge in [0.1, 0.15) is 0 Å². The lowest BCUT2D eigenvalue weighted by Gasteiger charge is -2.09. The Hall–Kier alpha value is -1.75. The molecule has 16 heavy (non-hydrogen) atoms. The molecule has 1 aromatic carbocycles. The molecule has 0 fully saturated rings. The highest BCUT2D eigenvalue weighted by atomic mass is 15.2. The molecular weight excluding hydrogens is 202 g/mol. The minimum atomic E-state index is 0.754. The number of anilines is 2. The summed E-state index contributed by atoms with van der Waals surface area (Å²) < 4.78 is 0. The summed E-state index contributed by atoms with van der Waals surface area (Å²) in [7, 11) is 4.09. The molecule has 0 aliphatic carbocycles. The van der Waals surface area contributed by atoms with Crippen LogP contribution in [0.4, 0.5) is 11.5 Å². The number of likely N-dealkylation sites (N-methyl/N-ethyl adjacent to an activating group) is 1. The van der Waals surface area contributed by atoms with Gasteiger partial charge in [0.25, 0.3) is 0 Å². The van der Waals surface area contributed by atoms with Gasteiger partial charge in [-0.1, -0.05) is 0 Å². The van der Waals surface area contributed by atoms with E-state index in [1.165, 1.54) is 0 Å². The molecule has 0 radical (unpaired) electrons. The number of hydrogen-bond acceptors (Lipinski definition) is 4. The number of hydrogen-bond donors (Lipinski definition) is 3. The number of rotatable bonds is 4. The van der Waals surface area contributed by atoms with E-state index in [0.29, 0.717) is 0 Å². The molecule has 2 aromatic rings. The number of nitrogen functional groups attached to an aromatic ring is 1. The van der Waals surface area contributed by atoms with E-state index in [2.05, 4.69) is 20.4 Å². The van der Waals surface area contributed by atoms with Crippen LogP contribution in [0.3, 0.4) is 0 Å². The molecule has 0 aliphatic heterocycles. The molecule has 0 aliphatic rings. The third-order valence-electron chi connectivity index (χ3n) is 2.44. The van der Waals surface area contributed by atoms with Crippen molar-refractivity contribution in [2.45, 2.75) is 0 Å². The van der Waals surface area contributed by atoms with Crippen molar-refractivity contribution in [1.82, 2.24) is 15.1 Å². The molecule has 0 saturated carbocycles. The fraction of sp³-hybridized carbons (Fsp3) is 0.364. The van der Waals surface area contributed by atoms with Crippen LogP contribution in [0.5, 0.6) is 0 Å². The Balaban J connectivity index is 2.15. The molecule has 2 rings (SSSR count). The van der Waals surface area contributed by atoms with E-state index >= 15 is 0 Å². The first-order chi connectivity index (χ1) is 7.66. The first kappa shape index (κ1) is 10.8. The molecule has 0 bridgehead atoms. The zero-order chi connectivity index (χ0) is 11.5. The van der Waals surface area contributed by atoms with Gasteiger partial charge in [0, 0.05) is 24.2 Å². The van der Waals surface area contributed by atoms with Crippen molar-refractivity contribution in [3.8, 4) is 0 Å². The summed E-state index contributed by atoms with van der Waals surface area (Å²) in [5.41, 5.74) is 7.51. The third kappa shape index (κ3) is 2.25. The molecule has 0 atom stereocenters. The predicted molar refractivity (Wildman–Crippen MR) is 67.5 cm³/mol. The van der Waals surface area contributed by atoms with Gasteiger partial charge in [0.15, 0.2) is 5.82 Å². The van der Waals surface area contributed by atoms with Gasteiger partial charge in [-0.3, -0.25) is 5.10 Å². The van der Waals surface area contributed by atoms with E-state index in [0.717, 1.165) is 35.5 Å². The van der Waals surface area contributed by atoms with Crippen molar-refractivity contribution in [2.24, 2.45) is 0 Å².